The van der Waals surface area contributed by atoms with Gasteiger partial charge in [0.1, 0.15) is 6.73 Å². The van der Waals surface area contributed by atoms with E-state index in [2.05, 4.69) is 6.58 Å². The van der Waals surface area contributed by atoms with Crippen LogP contribution in [0.15, 0.2) is 37.0 Å². The maximum Gasteiger partial charge on any atom is 0.261 e. The van der Waals surface area contributed by atoms with Crippen LogP contribution >= 0.6 is 0 Å². The number of nitrogens with zero attached hydrogens (tertiary/aromatic N) is 2. The topological polar surface area (TPSA) is 60.9 Å². The van der Waals surface area contributed by atoms with Gasteiger partial charge in [-0.25, -0.2) is 0 Å². The van der Waals surface area contributed by atoms with Gasteiger partial charge in [0.05, 0.1) is 11.1 Å². The molecule has 1 heterocycles. The Morgan fingerprint density at radius 1 is 1.22 bits per heavy atom. The normalized spacial score (nSPS) is 13.7. The van der Waals surface area contributed by atoms with Crippen molar-refractivity contribution < 1.29 is 14.7 Å². The number of fused-ring (bicyclic) bond motifs is 1. The van der Waals surface area contributed by atoms with Gasteiger partial charge >= 0.3 is 0 Å². The first-order valence-electron chi connectivity index (χ1n) is 5.61. The first-order valence-corrected chi connectivity index (χ1v) is 5.61. The minimum Gasteiger partial charge on any atom is -0.376 e. The Morgan fingerprint density at radius 2 is 1.78 bits per heavy atom. The number of imide groups is 1. The van der Waals surface area contributed by atoms with Gasteiger partial charge in [0.15, 0.2) is 0 Å². The van der Waals surface area contributed by atoms with Gasteiger partial charge in [-0.15, -0.1) is 0 Å². The molecule has 1 N–H and O–H groups in total. The minimum absolute atomic E-state index is 0.188. The highest BCUT2D eigenvalue weighted by molar-refractivity contribution is 6.21. The zero-order valence-corrected chi connectivity index (χ0v) is 9.87. The second kappa shape index (κ2) is 5.01. The molecule has 0 aliphatic carbocycles. The average Bonchev–Trinajstić information content (AvgIpc) is 2.65. The van der Waals surface area contributed by atoms with Crippen LogP contribution in [0.25, 0.3) is 0 Å². The fourth-order valence-corrected chi connectivity index (χ4v) is 1.89. The van der Waals surface area contributed by atoms with E-state index in [1.807, 2.05) is 0 Å². The van der Waals surface area contributed by atoms with Gasteiger partial charge in [0.2, 0.25) is 0 Å². The summed E-state index contributed by atoms with van der Waals surface area (Å²) in [6.07, 6.45) is 1.47. The van der Waals surface area contributed by atoms with Crippen LogP contribution in [0.2, 0.25) is 0 Å². The van der Waals surface area contributed by atoms with Crippen LogP contribution in [0.1, 0.15) is 20.7 Å². The highest BCUT2D eigenvalue weighted by atomic mass is 16.3. The Balaban J connectivity index is 2.11. The highest BCUT2D eigenvalue weighted by Gasteiger charge is 2.34. The number of amides is 2. The van der Waals surface area contributed by atoms with Crippen LogP contribution in [-0.4, -0.2) is 46.5 Å². The first-order chi connectivity index (χ1) is 8.69. The lowest BCUT2D eigenvalue weighted by Gasteiger charge is -2.20. The number of carbonyl (C=O) groups is 2. The van der Waals surface area contributed by atoms with Crippen molar-refractivity contribution in [2.75, 3.05) is 19.8 Å². The first kappa shape index (κ1) is 12.3. The largest absolute Gasteiger partial charge is 0.376 e. The molecule has 94 valence electrons. The number of rotatable bonds is 5. The van der Waals surface area contributed by atoms with Crippen LogP contribution in [0.4, 0.5) is 0 Å². The lowest BCUT2D eigenvalue weighted by Crippen LogP contribution is -2.36. The van der Waals surface area contributed by atoms with E-state index in [1.54, 1.807) is 24.3 Å². The zero-order valence-electron chi connectivity index (χ0n) is 9.87. The van der Waals surface area contributed by atoms with Gasteiger partial charge in [-0.05, 0) is 18.3 Å². The monoisotopic (exact) mass is 246 g/mol. The summed E-state index contributed by atoms with van der Waals surface area (Å²) in [4.78, 5) is 26.7. The molecule has 5 nitrogen and oxygen atoms in total. The second-order valence-corrected chi connectivity index (χ2v) is 3.94. The number of benzene rings is 1. The Bertz CT molecular complexity index is 464. The zero-order chi connectivity index (χ0) is 13.1. The SMILES string of the molecule is C=CN(CO)CCN1C(=O)c2ccccc2C1=O. The van der Waals surface area contributed by atoms with Gasteiger partial charge in [-0.1, -0.05) is 18.7 Å². The third kappa shape index (κ3) is 2.00. The maximum absolute atomic E-state index is 12.0. The van der Waals surface area contributed by atoms with Gasteiger partial charge in [0.25, 0.3) is 11.8 Å². The lowest BCUT2D eigenvalue weighted by atomic mass is 10.1. The molecule has 2 amide bonds. The molecule has 0 atom stereocenters. The quantitative estimate of drug-likeness (QED) is 0.613. The van der Waals surface area contributed by atoms with Gasteiger partial charge < -0.3 is 10.0 Å². The third-order valence-corrected chi connectivity index (χ3v) is 2.93. The minimum atomic E-state index is -0.280. The van der Waals surface area contributed by atoms with Crippen molar-refractivity contribution in [3.8, 4) is 0 Å². The van der Waals surface area contributed by atoms with E-state index >= 15 is 0 Å². The Labute approximate surface area is 105 Å². The van der Waals surface area contributed by atoms with Crippen molar-refractivity contribution in [3.05, 3.63) is 48.2 Å². The molecule has 0 spiro atoms. The summed E-state index contributed by atoms with van der Waals surface area (Å²) in [7, 11) is 0. The summed E-state index contributed by atoms with van der Waals surface area (Å²) in [5, 5.41) is 8.97. The van der Waals surface area contributed by atoms with Crippen molar-refractivity contribution in [2.45, 2.75) is 0 Å². The van der Waals surface area contributed by atoms with E-state index in [0.717, 1.165) is 0 Å². The van der Waals surface area contributed by atoms with E-state index in [4.69, 9.17) is 5.11 Å². The molecule has 0 saturated carbocycles. The molecule has 0 saturated heterocycles. The lowest BCUT2D eigenvalue weighted by molar-refractivity contribution is 0.0622. The van der Waals surface area contributed by atoms with Gasteiger partial charge in [0, 0.05) is 13.1 Å². The van der Waals surface area contributed by atoms with E-state index in [-0.39, 0.29) is 25.1 Å². The molecule has 0 aromatic heterocycles. The molecule has 18 heavy (non-hydrogen) atoms. The summed E-state index contributed by atoms with van der Waals surface area (Å²) >= 11 is 0. The molecule has 2 rings (SSSR count). The molecule has 1 aromatic carbocycles. The fourth-order valence-electron chi connectivity index (χ4n) is 1.89. The predicted octanol–water partition coefficient (Wildman–Crippen LogP) is 0.678. The third-order valence-electron chi connectivity index (χ3n) is 2.93. The van der Waals surface area contributed by atoms with Gasteiger partial charge in [-0.2, -0.15) is 0 Å². The molecular formula is C13H14N2O3. The van der Waals surface area contributed by atoms with Gasteiger partial charge in [-0.3, -0.25) is 14.5 Å². The summed E-state index contributed by atoms with van der Waals surface area (Å²) < 4.78 is 0. The Kier molecular flexibility index (Phi) is 3.43. The molecule has 1 aliphatic rings. The smallest absolute Gasteiger partial charge is 0.261 e. The van der Waals surface area contributed by atoms with Crippen molar-refractivity contribution in [3.63, 3.8) is 0 Å². The predicted molar refractivity (Wildman–Crippen MR) is 65.8 cm³/mol. The van der Waals surface area contributed by atoms with E-state index < -0.39 is 0 Å². The molecule has 1 aliphatic heterocycles. The maximum atomic E-state index is 12.0. The molecule has 5 heteroatoms. The van der Waals surface area contributed by atoms with Crippen LogP contribution in [-0.2, 0) is 0 Å². The molecular weight excluding hydrogens is 232 g/mol. The molecule has 0 bridgehead atoms. The van der Waals surface area contributed by atoms with Crippen LogP contribution in [0.5, 0.6) is 0 Å². The van der Waals surface area contributed by atoms with Crippen LogP contribution in [0, 0.1) is 0 Å². The van der Waals surface area contributed by atoms with E-state index in [1.165, 1.54) is 16.0 Å². The standard InChI is InChI=1S/C13H14N2O3/c1-2-14(9-16)7-8-15-12(17)10-5-3-4-6-11(10)13(15)18/h2-6,16H,1,7-9H2. The second-order valence-electron chi connectivity index (χ2n) is 3.94. The van der Waals surface area contributed by atoms with Crippen molar-refractivity contribution >= 4 is 11.8 Å². The average molecular weight is 246 g/mol. The number of hydrogen-bond acceptors (Lipinski definition) is 4. The molecule has 0 radical (unpaired) electrons. The van der Waals surface area contributed by atoms with Crippen LogP contribution < -0.4 is 0 Å². The molecule has 0 fully saturated rings. The number of hydrogen-bond donors (Lipinski definition) is 1. The van der Waals surface area contributed by atoms with Crippen molar-refractivity contribution in [2.24, 2.45) is 0 Å². The fraction of sp³-hybridized carbons (Fsp3) is 0.231. The summed E-state index contributed by atoms with van der Waals surface area (Å²) in [6.45, 7) is 3.95. The van der Waals surface area contributed by atoms with E-state index in [9.17, 15) is 9.59 Å². The Morgan fingerprint density at radius 3 is 2.22 bits per heavy atom. The summed E-state index contributed by atoms with van der Waals surface area (Å²) in [5.74, 6) is -0.560. The number of carbonyl (C=O) groups excluding carboxylic acids is 2. The molecule has 1 aromatic rings. The van der Waals surface area contributed by atoms with Crippen molar-refractivity contribution in [1.29, 1.82) is 0 Å². The summed E-state index contributed by atoms with van der Waals surface area (Å²) in [5.41, 5.74) is 0.883. The van der Waals surface area contributed by atoms with Crippen molar-refractivity contribution in [1.82, 2.24) is 9.80 Å². The van der Waals surface area contributed by atoms with Crippen LogP contribution in [0.3, 0.4) is 0 Å². The molecule has 0 unspecified atom stereocenters. The summed E-state index contributed by atoms with van der Waals surface area (Å²) in [6, 6.07) is 6.76. The van der Waals surface area contributed by atoms with E-state index in [0.29, 0.717) is 17.7 Å². The highest BCUT2D eigenvalue weighted by Crippen LogP contribution is 2.21. The Hall–Kier alpha value is -2.14. The number of aliphatic hydroxyl groups excluding tert-OH is 1. The number of aliphatic hydroxyl groups is 1.